The van der Waals surface area contributed by atoms with Crippen LogP contribution in [0.3, 0.4) is 0 Å². The monoisotopic (exact) mass is 457 g/mol. The molecule has 1 aliphatic rings. The van der Waals surface area contributed by atoms with Crippen LogP contribution < -0.4 is 10.1 Å². The fourth-order valence-corrected chi connectivity index (χ4v) is 4.14. The number of benzene rings is 2. The number of carbonyl (C=O) groups excluding carboxylic acids is 2. The molecule has 0 saturated heterocycles. The fourth-order valence-electron chi connectivity index (χ4n) is 4.14. The number of aromatic nitrogens is 1. The Morgan fingerprint density at radius 3 is 2.65 bits per heavy atom. The average Bonchev–Trinajstić information content (AvgIpc) is 2.83. The first-order chi connectivity index (χ1) is 16.5. The molecule has 2 amide bonds. The van der Waals surface area contributed by atoms with Crippen LogP contribution in [0.15, 0.2) is 67.0 Å². The van der Waals surface area contributed by atoms with Gasteiger partial charge in [-0.1, -0.05) is 32.0 Å². The molecule has 0 unspecified atom stereocenters. The van der Waals surface area contributed by atoms with Gasteiger partial charge in [0.05, 0.1) is 6.54 Å². The largest absolute Gasteiger partial charge is 0.491 e. The van der Waals surface area contributed by atoms with E-state index in [1.165, 1.54) is 0 Å². The van der Waals surface area contributed by atoms with Crippen molar-refractivity contribution >= 4 is 11.8 Å². The van der Waals surface area contributed by atoms with Crippen molar-refractivity contribution in [1.29, 1.82) is 0 Å². The van der Waals surface area contributed by atoms with Gasteiger partial charge in [0.15, 0.2) is 0 Å². The second kappa shape index (κ2) is 11.0. The molecule has 0 aliphatic carbocycles. The Kier molecular flexibility index (Phi) is 7.58. The van der Waals surface area contributed by atoms with Crippen LogP contribution in [0.4, 0.5) is 0 Å². The lowest BCUT2D eigenvalue weighted by Gasteiger charge is -2.25. The normalized spacial score (nSPS) is 14.6. The first kappa shape index (κ1) is 23.5. The summed E-state index contributed by atoms with van der Waals surface area (Å²) in [6.07, 6.45) is 4.67. The van der Waals surface area contributed by atoms with E-state index in [2.05, 4.69) is 16.4 Å². The quantitative estimate of drug-likeness (QED) is 0.635. The van der Waals surface area contributed by atoms with Gasteiger partial charge in [-0.3, -0.25) is 14.6 Å². The number of amides is 2. The summed E-state index contributed by atoms with van der Waals surface area (Å²) < 4.78 is 6.21. The number of fused-ring (bicyclic) bond motifs is 3. The third-order valence-corrected chi connectivity index (χ3v) is 5.88. The molecule has 3 aromatic rings. The zero-order valence-corrected chi connectivity index (χ0v) is 19.8. The van der Waals surface area contributed by atoms with Crippen molar-refractivity contribution in [1.82, 2.24) is 15.2 Å². The molecule has 4 rings (SSSR count). The molecule has 34 heavy (non-hydrogen) atoms. The summed E-state index contributed by atoms with van der Waals surface area (Å²) in [7, 11) is 0. The molecule has 1 N–H and O–H groups in total. The van der Waals surface area contributed by atoms with Crippen LogP contribution in [-0.2, 0) is 11.2 Å². The van der Waals surface area contributed by atoms with Crippen molar-refractivity contribution in [2.24, 2.45) is 5.92 Å². The van der Waals surface area contributed by atoms with Crippen molar-refractivity contribution in [2.75, 3.05) is 26.2 Å². The summed E-state index contributed by atoms with van der Waals surface area (Å²) >= 11 is 0. The lowest BCUT2D eigenvalue weighted by molar-refractivity contribution is -0.132. The van der Waals surface area contributed by atoms with Crippen LogP contribution in [0.5, 0.6) is 5.75 Å². The predicted octanol–water partition coefficient (Wildman–Crippen LogP) is 4.34. The Balaban J connectivity index is 1.66. The molecule has 6 heteroatoms. The summed E-state index contributed by atoms with van der Waals surface area (Å²) in [5, 5.41) is 2.95. The van der Waals surface area contributed by atoms with Crippen LogP contribution in [-0.4, -0.2) is 47.9 Å². The van der Waals surface area contributed by atoms with Crippen molar-refractivity contribution in [2.45, 2.75) is 26.7 Å². The fraction of sp³-hybridized carbons (Fsp3) is 0.321. The molecular formula is C28H31N3O3. The van der Waals surface area contributed by atoms with Gasteiger partial charge in [-0.05, 0) is 64.6 Å². The predicted molar refractivity (Wildman–Crippen MR) is 133 cm³/mol. The highest BCUT2D eigenvalue weighted by atomic mass is 16.5. The van der Waals surface area contributed by atoms with E-state index in [9.17, 15) is 9.59 Å². The SMILES string of the molecule is CC(C)CC(=O)N1CCNC(=O)c2cccc(c2)Cc2cc(-c3ccncc3)ccc2OCC1. The Hall–Kier alpha value is -3.67. The number of ether oxygens (including phenoxy) is 1. The second-order valence-electron chi connectivity index (χ2n) is 9.02. The van der Waals surface area contributed by atoms with Gasteiger partial charge >= 0.3 is 0 Å². The van der Waals surface area contributed by atoms with E-state index in [4.69, 9.17) is 4.74 Å². The van der Waals surface area contributed by atoms with Gasteiger partial charge < -0.3 is 15.0 Å². The van der Waals surface area contributed by atoms with Gasteiger partial charge in [0.1, 0.15) is 12.4 Å². The van der Waals surface area contributed by atoms with Crippen LogP contribution in [0.1, 0.15) is 41.8 Å². The van der Waals surface area contributed by atoms with E-state index in [0.717, 1.165) is 28.0 Å². The maximum atomic E-state index is 12.8. The third kappa shape index (κ3) is 6.01. The number of nitrogens with one attached hydrogen (secondary N) is 1. The molecule has 0 atom stereocenters. The Morgan fingerprint density at radius 2 is 1.85 bits per heavy atom. The van der Waals surface area contributed by atoms with E-state index in [-0.39, 0.29) is 17.7 Å². The molecule has 6 nitrogen and oxygen atoms in total. The van der Waals surface area contributed by atoms with Gasteiger partial charge in [-0.15, -0.1) is 0 Å². The second-order valence-corrected chi connectivity index (χ2v) is 9.02. The maximum Gasteiger partial charge on any atom is 0.251 e. The van der Waals surface area contributed by atoms with Crippen LogP contribution >= 0.6 is 0 Å². The smallest absolute Gasteiger partial charge is 0.251 e. The Morgan fingerprint density at radius 1 is 1.03 bits per heavy atom. The minimum atomic E-state index is -0.128. The molecule has 0 saturated carbocycles. The highest BCUT2D eigenvalue weighted by Gasteiger charge is 2.17. The van der Waals surface area contributed by atoms with Gasteiger partial charge in [0.25, 0.3) is 5.91 Å². The minimum absolute atomic E-state index is 0.0789. The van der Waals surface area contributed by atoms with E-state index < -0.39 is 0 Å². The molecular weight excluding hydrogens is 426 g/mol. The van der Waals surface area contributed by atoms with E-state index in [0.29, 0.717) is 44.6 Å². The zero-order chi connectivity index (χ0) is 23.9. The van der Waals surface area contributed by atoms with E-state index in [1.54, 1.807) is 17.3 Å². The topological polar surface area (TPSA) is 71.5 Å². The molecule has 1 aliphatic heterocycles. The van der Waals surface area contributed by atoms with Gasteiger partial charge in [-0.2, -0.15) is 0 Å². The summed E-state index contributed by atoms with van der Waals surface area (Å²) in [5.41, 5.74) is 4.84. The van der Waals surface area contributed by atoms with Crippen molar-refractivity contribution in [3.05, 3.63) is 83.7 Å². The summed E-state index contributed by atoms with van der Waals surface area (Å²) in [5.74, 6) is 1.01. The lowest BCUT2D eigenvalue weighted by atomic mass is 9.97. The maximum absolute atomic E-state index is 12.8. The Bertz CT molecular complexity index is 1140. The third-order valence-electron chi connectivity index (χ3n) is 5.88. The molecule has 0 radical (unpaired) electrons. The number of pyridine rings is 1. The number of hydrogen-bond donors (Lipinski definition) is 1. The van der Waals surface area contributed by atoms with E-state index in [1.807, 2.05) is 62.4 Å². The highest BCUT2D eigenvalue weighted by Crippen LogP contribution is 2.29. The molecule has 1 aromatic heterocycles. The first-order valence-corrected chi connectivity index (χ1v) is 11.8. The molecule has 0 spiro atoms. The molecule has 2 aromatic carbocycles. The zero-order valence-electron chi connectivity index (χ0n) is 19.8. The van der Waals surface area contributed by atoms with Crippen LogP contribution in [0.25, 0.3) is 11.1 Å². The Labute approximate surface area is 201 Å². The van der Waals surface area contributed by atoms with Crippen molar-refractivity contribution < 1.29 is 14.3 Å². The summed E-state index contributed by atoms with van der Waals surface area (Å²) in [4.78, 5) is 31.4. The van der Waals surface area contributed by atoms with E-state index >= 15 is 0 Å². The molecule has 176 valence electrons. The number of nitrogens with zero attached hydrogens (tertiary/aromatic N) is 2. The van der Waals surface area contributed by atoms with Crippen molar-refractivity contribution in [3.8, 4) is 16.9 Å². The summed E-state index contributed by atoms with van der Waals surface area (Å²) in [6.45, 7) is 5.78. The minimum Gasteiger partial charge on any atom is -0.491 e. The number of rotatable bonds is 3. The van der Waals surface area contributed by atoms with Gasteiger partial charge in [0, 0.05) is 43.9 Å². The molecule has 0 fully saturated rings. The summed E-state index contributed by atoms with van der Waals surface area (Å²) in [6, 6.07) is 17.8. The standard InChI is InChI=1S/C28H31N3O3/c1-20(2)16-27(32)31-13-12-30-28(33)24-5-3-4-21(17-24)18-25-19-23(22-8-10-29-11-9-22)6-7-26(25)34-15-14-31/h3-11,17,19-20H,12-16,18H2,1-2H3,(H,30,33). The van der Waals surface area contributed by atoms with Crippen LogP contribution in [0, 0.1) is 5.92 Å². The number of hydrogen-bond acceptors (Lipinski definition) is 4. The first-order valence-electron chi connectivity index (χ1n) is 11.8. The molecule has 2 bridgehead atoms. The number of carbonyl (C=O) groups is 2. The van der Waals surface area contributed by atoms with Crippen LogP contribution in [0.2, 0.25) is 0 Å². The highest BCUT2D eigenvalue weighted by molar-refractivity contribution is 5.94. The van der Waals surface area contributed by atoms with Crippen molar-refractivity contribution in [3.63, 3.8) is 0 Å². The van der Waals surface area contributed by atoms with Gasteiger partial charge in [-0.25, -0.2) is 0 Å². The molecule has 2 heterocycles. The lowest BCUT2D eigenvalue weighted by Crippen LogP contribution is -2.41. The average molecular weight is 458 g/mol. The van der Waals surface area contributed by atoms with Gasteiger partial charge in [0.2, 0.25) is 5.91 Å².